The number of benzene rings is 2. The predicted molar refractivity (Wildman–Crippen MR) is 137 cm³/mol. The van der Waals surface area contributed by atoms with Gasteiger partial charge in [-0.3, -0.25) is 0 Å². The van der Waals surface area contributed by atoms with E-state index in [4.69, 9.17) is 9.47 Å². The molecule has 2 aliphatic carbocycles. The van der Waals surface area contributed by atoms with E-state index in [9.17, 15) is 0 Å². The Labute approximate surface area is 224 Å². The molecule has 1 fully saturated rings. The first-order valence-corrected chi connectivity index (χ1v) is 13.7. The molecule has 2 heterocycles. The second-order valence-corrected chi connectivity index (χ2v) is 13.0. The van der Waals surface area contributed by atoms with E-state index in [1.54, 1.807) is 33.8 Å². The van der Waals surface area contributed by atoms with E-state index in [2.05, 4.69) is 0 Å². The fraction of sp³-hybridized carbons (Fsp3) is 0.429. The third-order valence-corrected chi connectivity index (χ3v) is 11.4. The molecule has 0 radical (unpaired) electrons. The lowest BCUT2D eigenvalue weighted by atomic mass is 9.58. The van der Waals surface area contributed by atoms with Crippen molar-refractivity contribution in [1.29, 1.82) is 0 Å². The van der Waals surface area contributed by atoms with E-state index in [1.807, 2.05) is 30.3 Å². The minimum atomic E-state index is -5.60. The number of fused-ring (bicyclic) bond motifs is 8. The highest BCUT2D eigenvalue weighted by molar-refractivity contribution is 8.05. The Morgan fingerprint density at radius 1 is 0.895 bits per heavy atom. The third-order valence-electron chi connectivity index (χ3n) is 8.53. The highest BCUT2D eigenvalue weighted by Gasteiger charge is 2.85. The van der Waals surface area contributed by atoms with Gasteiger partial charge in [0.2, 0.25) is 0 Å². The SMILES string of the molecule is COCO[C@H](C)C12C(=C3C(=C4C(C)=C(C)S[C@@]41C)C(F)(F)C(F)(F)C3(F)F)Sc1ccc3ccccc3c12. The second-order valence-electron chi connectivity index (χ2n) is 10.3. The van der Waals surface area contributed by atoms with E-state index in [-0.39, 0.29) is 17.3 Å². The minimum absolute atomic E-state index is 0.158. The molecule has 3 atom stereocenters. The lowest BCUT2D eigenvalue weighted by molar-refractivity contribution is -0.258. The largest absolute Gasteiger partial charge is 0.380 e. The highest BCUT2D eigenvalue weighted by atomic mass is 32.2. The number of alkyl halides is 6. The monoisotopic (exact) mass is 570 g/mol. The summed E-state index contributed by atoms with van der Waals surface area (Å²) in [6, 6.07) is 10.9. The van der Waals surface area contributed by atoms with Crippen LogP contribution >= 0.6 is 23.5 Å². The molecule has 1 unspecified atom stereocenters. The average molecular weight is 571 g/mol. The Kier molecular flexibility index (Phi) is 5.45. The van der Waals surface area contributed by atoms with Crippen molar-refractivity contribution in [1.82, 2.24) is 0 Å². The molecule has 38 heavy (non-hydrogen) atoms. The molecule has 4 aliphatic rings. The predicted octanol–water partition coefficient (Wildman–Crippen LogP) is 8.48. The van der Waals surface area contributed by atoms with Crippen molar-refractivity contribution >= 4 is 34.3 Å². The first kappa shape index (κ1) is 26.3. The summed E-state index contributed by atoms with van der Waals surface area (Å²) in [5.41, 5.74) is -3.23. The van der Waals surface area contributed by atoms with E-state index in [0.717, 1.165) is 22.5 Å². The average Bonchev–Trinajstić information content (AvgIpc) is 3.37. The molecular formula is C28H24F6O2S2. The lowest BCUT2D eigenvalue weighted by Gasteiger charge is -2.53. The maximum Gasteiger partial charge on any atom is 0.380 e. The number of hydrogen-bond acceptors (Lipinski definition) is 4. The van der Waals surface area contributed by atoms with Crippen LogP contribution in [-0.4, -0.2) is 42.5 Å². The molecule has 0 saturated heterocycles. The second kappa shape index (κ2) is 7.86. The number of rotatable bonds is 4. The standard InChI is InChI=1S/C28H24F6O2S2/c1-13-14(2)38-24(4)19(13)21-22(27(31,32)28(33,34)26(21,29)30)23-25(24,15(3)36-12-35-5)20-17-9-7-6-8-16(17)10-11-18(20)37-23/h6-11,15H,12H2,1-5H3/t15-,24+,25?/m1/s1. The Morgan fingerprint density at radius 3 is 2.24 bits per heavy atom. The smallest absolute Gasteiger partial charge is 0.359 e. The van der Waals surface area contributed by atoms with Crippen molar-refractivity contribution in [2.45, 2.75) is 66.6 Å². The number of ether oxygens (including phenoxy) is 2. The molecule has 10 heteroatoms. The molecule has 0 N–H and O–H groups in total. The molecule has 2 aromatic rings. The van der Waals surface area contributed by atoms with Gasteiger partial charge in [0.1, 0.15) is 6.79 Å². The molecular weight excluding hydrogens is 546 g/mol. The molecule has 202 valence electrons. The van der Waals surface area contributed by atoms with Gasteiger partial charge in [0.25, 0.3) is 0 Å². The van der Waals surface area contributed by atoms with E-state index in [1.165, 1.54) is 18.9 Å². The van der Waals surface area contributed by atoms with E-state index >= 15 is 26.3 Å². The number of allylic oxidation sites excluding steroid dienone is 4. The topological polar surface area (TPSA) is 18.5 Å². The Morgan fingerprint density at radius 2 is 1.55 bits per heavy atom. The van der Waals surface area contributed by atoms with Gasteiger partial charge in [-0.05, 0) is 66.1 Å². The summed E-state index contributed by atoms with van der Waals surface area (Å²) in [4.78, 5) is 0.963. The van der Waals surface area contributed by atoms with E-state index in [0.29, 0.717) is 20.9 Å². The summed E-state index contributed by atoms with van der Waals surface area (Å²) in [7, 11) is 1.41. The summed E-state index contributed by atoms with van der Waals surface area (Å²) in [5.74, 6) is -15.8. The van der Waals surface area contributed by atoms with Crippen LogP contribution in [0.5, 0.6) is 0 Å². The van der Waals surface area contributed by atoms with Gasteiger partial charge in [0.05, 0.1) is 16.3 Å². The first-order valence-electron chi connectivity index (χ1n) is 12.0. The molecule has 0 aromatic heterocycles. The summed E-state index contributed by atoms with van der Waals surface area (Å²) in [6.45, 7) is 6.43. The van der Waals surface area contributed by atoms with Crippen LogP contribution in [-0.2, 0) is 14.9 Å². The van der Waals surface area contributed by atoms with Gasteiger partial charge < -0.3 is 9.47 Å². The van der Waals surface area contributed by atoms with Crippen LogP contribution in [0.4, 0.5) is 26.3 Å². The minimum Gasteiger partial charge on any atom is -0.359 e. The summed E-state index contributed by atoms with van der Waals surface area (Å²) < 4.78 is 103. The Bertz CT molecular complexity index is 1510. The van der Waals surface area contributed by atoms with Gasteiger partial charge in [0, 0.05) is 28.1 Å². The third kappa shape index (κ3) is 2.68. The van der Waals surface area contributed by atoms with Crippen molar-refractivity contribution in [2.24, 2.45) is 0 Å². The zero-order valence-corrected chi connectivity index (χ0v) is 22.8. The molecule has 2 nitrogen and oxygen atoms in total. The number of thioether (sulfide) groups is 2. The van der Waals surface area contributed by atoms with Crippen LogP contribution in [0.15, 0.2) is 73.4 Å². The molecule has 2 aliphatic heterocycles. The van der Waals surface area contributed by atoms with Crippen molar-refractivity contribution in [3.8, 4) is 0 Å². The molecule has 0 amide bonds. The Balaban J connectivity index is 1.85. The number of hydrogen-bond donors (Lipinski definition) is 0. The zero-order valence-electron chi connectivity index (χ0n) is 21.1. The lowest BCUT2D eigenvalue weighted by Crippen LogP contribution is -2.57. The first-order chi connectivity index (χ1) is 17.7. The maximum absolute atomic E-state index is 15.8. The highest BCUT2D eigenvalue weighted by Crippen LogP contribution is 2.78. The fourth-order valence-electron chi connectivity index (χ4n) is 6.86. The van der Waals surface area contributed by atoms with Gasteiger partial charge in [-0.2, -0.15) is 26.3 Å². The normalized spacial score (nSPS) is 31.0. The molecule has 1 saturated carbocycles. The Hall–Kier alpha value is -1.88. The molecule has 0 spiro atoms. The van der Waals surface area contributed by atoms with Crippen LogP contribution in [0.2, 0.25) is 0 Å². The van der Waals surface area contributed by atoms with Crippen molar-refractivity contribution in [2.75, 3.05) is 13.9 Å². The molecule has 0 bridgehead atoms. The number of halogens is 6. The van der Waals surface area contributed by atoms with Crippen molar-refractivity contribution in [3.05, 3.63) is 74.1 Å². The summed E-state index contributed by atoms with van der Waals surface area (Å²) >= 11 is 2.12. The van der Waals surface area contributed by atoms with Gasteiger partial charge in [-0.25, -0.2) is 0 Å². The van der Waals surface area contributed by atoms with Crippen LogP contribution < -0.4 is 0 Å². The van der Waals surface area contributed by atoms with Gasteiger partial charge in [-0.1, -0.05) is 42.1 Å². The van der Waals surface area contributed by atoms with Crippen molar-refractivity contribution in [3.63, 3.8) is 0 Å². The summed E-state index contributed by atoms with van der Waals surface area (Å²) in [5, 5.41) is 1.54. The van der Waals surface area contributed by atoms with Gasteiger partial charge >= 0.3 is 17.8 Å². The van der Waals surface area contributed by atoms with Crippen molar-refractivity contribution < 1.29 is 35.8 Å². The van der Waals surface area contributed by atoms with Gasteiger partial charge in [-0.15, -0.1) is 11.8 Å². The van der Waals surface area contributed by atoms with Crippen LogP contribution in [0.3, 0.4) is 0 Å². The van der Waals surface area contributed by atoms with Crippen LogP contribution in [0.25, 0.3) is 10.8 Å². The number of methoxy groups -OCH3 is 1. The quantitative estimate of drug-likeness (QED) is 0.271. The fourth-order valence-corrected chi connectivity index (χ4v) is 10.4. The van der Waals surface area contributed by atoms with E-state index < -0.39 is 45.2 Å². The molecule has 2 aromatic carbocycles. The molecule has 6 rings (SSSR count). The zero-order chi connectivity index (χ0) is 27.6. The maximum atomic E-state index is 15.8. The summed E-state index contributed by atoms with van der Waals surface area (Å²) in [6.07, 6.45) is -0.907. The van der Waals surface area contributed by atoms with Gasteiger partial charge in [0.15, 0.2) is 0 Å². The van der Waals surface area contributed by atoms with Crippen LogP contribution in [0, 0.1) is 0 Å². The van der Waals surface area contributed by atoms with Crippen LogP contribution in [0.1, 0.15) is 33.3 Å².